The first-order valence-electron chi connectivity index (χ1n) is 6.08. The van der Waals surface area contributed by atoms with Crippen LogP contribution < -0.4 is 0 Å². The Balaban J connectivity index is 1.83. The highest BCUT2D eigenvalue weighted by Crippen LogP contribution is 2.30. The van der Waals surface area contributed by atoms with Gasteiger partial charge in [-0.05, 0) is 30.7 Å². The highest BCUT2D eigenvalue weighted by molar-refractivity contribution is 7.98. The number of thioether (sulfide) groups is 1. The Hall–Kier alpha value is -1.94. The van der Waals surface area contributed by atoms with Crippen LogP contribution >= 0.6 is 11.8 Å². The first kappa shape index (κ1) is 12.1. The maximum atomic E-state index is 9.73. The number of phenolic OH excluding ortho intramolecular Hbond substituents is 1. The monoisotopic (exact) mass is 270 g/mol. The molecule has 2 aromatic heterocycles. The van der Waals surface area contributed by atoms with E-state index >= 15 is 0 Å². The third-order valence-corrected chi connectivity index (χ3v) is 4.06. The van der Waals surface area contributed by atoms with Gasteiger partial charge in [-0.1, -0.05) is 18.2 Å². The molecule has 0 atom stereocenters. The summed E-state index contributed by atoms with van der Waals surface area (Å²) in [5.74, 6) is 1.08. The summed E-state index contributed by atoms with van der Waals surface area (Å²) in [4.78, 5) is 5.50. The zero-order chi connectivity index (χ0) is 13.2. The summed E-state index contributed by atoms with van der Waals surface area (Å²) < 4.78 is 2.04. The summed E-state index contributed by atoms with van der Waals surface area (Å²) in [6.45, 7) is 2.06. The Morgan fingerprint density at radius 1 is 1.21 bits per heavy atom. The van der Waals surface area contributed by atoms with E-state index in [2.05, 4.69) is 18.0 Å². The molecule has 0 spiro atoms. The minimum Gasteiger partial charge on any atom is -0.507 e. The second-order valence-corrected chi connectivity index (χ2v) is 5.43. The highest BCUT2D eigenvalue weighted by atomic mass is 32.2. The van der Waals surface area contributed by atoms with Gasteiger partial charge in [-0.3, -0.25) is 0 Å². The molecular weight excluding hydrogens is 256 g/mol. The second kappa shape index (κ2) is 4.97. The molecule has 2 heterocycles. The Morgan fingerprint density at radius 2 is 2.05 bits per heavy atom. The van der Waals surface area contributed by atoms with Crippen LogP contribution in [0.1, 0.15) is 11.3 Å². The summed E-state index contributed by atoms with van der Waals surface area (Å²) >= 11 is 1.60. The molecule has 4 heteroatoms. The predicted molar refractivity (Wildman–Crippen MR) is 77.6 cm³/mol. The van der Waals surface area contributed by atoms with Gasteiger partial charge in [0.05, 0.1) is 5.69 Å². The first-order chi connectivity index (χ1) is 9.24. The van der Waals surface area contributed by atoms with E-state index in [9.17, 15) is 5.11 Å². The van der Waals surface area contributed by atoms with Crippen molar-refractivity contribution in [2.45, 2.75) is 17.6 Å². The van der Waals surface area contributed by atoms with Crippen LogP contribution in [-0.2, 0) is 5.75 Å². The third kappa shape index (κ3) is 2.44. The topological polar surface area (TPSA) is 37.5 Å². The largest absolute Gasteiger partial charge is 0.507 e. The fraction of sp³-hybridized carbons (Fsp3) is 0.133. The smallest absolute Gasteiger partial charge is 0.139 e. The number of aromatic nitrogens is 2. The molecule has 0 saturated carbocycles. The van der Waals surface area contributed by atoms with E-state index < -0.39 is 0 Å². The van der Waals surface area contributed by atoms with Gasteiger partial charge >= 0.3 is 0 Å². The van der Waals surface area contributed by atoms with Crippen LogP contribution in [0.25, 0.3) is 5.65 Å². The molecule has 0 aliphatic rings. The third-order valence-electron chi connectivity index (χ3n) is 2.97. The average molecular weight is 270 g/mol. The number of phenols is 1. The van der Waals surface area contributed by atoms with Crippen LogP contribution in [0.2, 0.25) is 0 Å². The number of fused-ring (bicyclic) bond motifs is 1. The summed E-state index contributed by atoms with van der Waals surface area (Å²) in [6, 6.07) is 11.5. The number of aryl methyl sites for hydroxylation is 1. The van der Waals surface area contributed by atoms with E-state index in [0.717, 1.165) is 22.0 Å². The SMILES string of the molecule is Cc1cccn2cc(CSc3ccccc3O)nc12. The molecule has 3 nitrogen and oxygen atoms in total. The number of hydrogen-bond acceptors (Lipinski definition) is 3. The number of nitrogens with zero attached hydrogens (tertiary/aromatic N) is 2. The maximum absolute atomic E-state index is 9.73. The molecule has 3 aromatic rings. The van der Waals surface area contributed by atoms with Gasteiger partial charge in [-0.25, -0.2) is 4.98 Å². The van der Waals surface area contributed by atoms with Crippen molar-refractivity contribution in [2.75, 3.05) is 0 Å². The minimum absolute atomic E-state index is 0.326. The number of hydrogen-bond donors (Lipinski definition) is 1. The van der Waals surface area contributed by atoms with Gasteiger partial charge in [0.2, 0.25) is 0 Å². The molecular formula is C15H14N2OS. The molecule has 3 rings (SSSR count). The van der Waals surface area contributed by atoms with E-state index in [0.29, 0.717) is 5.75 Å². The van der Waals surface area contributed by atoms with Crippen molar-refractivity contribution < 1.29 is 5.11 Å². The Kier molecular flexibility index (Phi) is 3.17. The first-order valence-corrected chi connectivity index (χ1v) is 7.06. The van der Waals surface area contributed by atoms with E-state index in [1.165, 1.54) is 5.56 Å². The standard InChI is InChI=1S/C15H14N2OS/c1-11-5-4-8-17-9-12(16-15(11)17)10-19-14-7-3-2-6-13(14)18/h2-9,18H,10H2,1H3. The number of aromatic hydroxyl groups is 1. The molecule has 0 bridgehead atoms. The Labute approximate surface area is 115 Å². The predicted octanol–water partition coefficient (Wildman–Crippen LogP) is 3.64. The maximum Gasteiger partial charge on any atom is 0.139 e. The number of para-hydroxylation sites is 1. The number of rotatable bonds is 3. The van der Waals surface area contributed by atoms with Crippen molar-refractivity contribution in [1.29, 1.82) is 0 Å². The quantitative estimate of drug-likeness (QED) is 0.738. The molecule has 0 amide bonds. The lowest BCUT2D eigenvalue weighted by molar-refractivity contribution is 0.462. The van der Waals surface area contributed by atoms with Crippen molar-refractivity contribution in [3.63, 3.8) is 0 Å². The van der Waals surface area contributed by atoms with E-state index in [1.807, 2.05) is 41.1 Å². The molecule has 0 radical (unpaired) electrons. The number of imidazole rings is 1. The average Bonchev–Trinajstić information content (AvgIpc) is 2.82. The normalized spacial score (nSPS) is 11.0. The van der Waals surface area contributed by atoms with Gasteiger partial charge in [0.15, 0.2) is 0 Å². The molecule has 0 aliphatic heterocycles. The van der Waals surface area contributed by atoms with Gasteiger partial charge in [-0.15, -0.1) is 11.8 Å². The lowest BCUT2D eigenvalue weighted by Gasteiger charge is -2.01. The Bertz CT molecular complexity index is 721. The lowest BCUT2D eigenvalue weighted by atomic mass is 10.3. The van der Waals surface area contributed by atoms with Crippen LogP contribution in [0.15, 0.2) is 53.7 Å². The minimum atomic E-state index is 0.326. The molecule has 1 N–H and O–H groups in total. The molecule has 19 heavy (non-hydrogen) atoms. The second-order valence-electron chi connectivity index (χ2n) is 4.41. The molecule has 0 saturated heterocycles. The summed E-state index contributed by atoms with van der Waals surface area (Å²) in [7, 11) is 0. The fourth-order valence-corrected chi connectivity index (χ4v) is 2.84. The van der Waals surface area contributed by atoms with Gasteiger partial charge < -0.3 is 9.51 Å². The lowest BCUT2D eigenvalue weighted by Crippen LogP contribution is -1.84. The van der Waals surface area contributed by atoms with Crippen LogP contribution in [0.4, 0.5) is 0 Å². The Morgan fingerprint density at radius 3 is 2.84 bits per heavy atom. The zero-order valence-corrected chi connectivity index (χ0v) is 11.4. The van der Waals surface area contributed by atoms with Gasteiger partial charge in [-0.2, -0.15) is 0 Å². The van der Waals surface area contributed by atoms with E-state index in [-0.39, 0.29) is 0 Å². The van der Waals surface area contributed by atoms with E-state index in [4.69, 9.17) is 0 Å². The van der Waals surface area contributed by atoms with Crippen molar-refractivity contribution in [3.05, 3.63) is 60.0 Å². The van der Waals surface area contributed by atoms with Gasteiger partial charge in [0.1, 0.15) is 11.4 Å². The van der Waals surface area contributed by atoms with Crippen molar-refractivity contribution in [2.24, 2.45) is 0 Å². The van der Waals surface area contributed by atoms with Crippen molar-refractivity contribution >= 4 is 17.4 Å². The summed E-state index contributed by atoms with van der Waals surface area (Å²) in [6.07, 6.45) is 4.04. The number of benzene rings is 1. The summed E-state index contributed by atoms with van der Waals surface area (Å²) in [5.41, 5.74) is 3.18. The van der Waals surface area contributed by atoms with E-state index in [1.54, 1.807) is 17.8 Å². The molecule has 0 fully saturated rings. The summed E-state index contributed by atoms with van der Waals surface area (Å²) in [5, 5.41) is 9.73. The fourth-order valence-electron chi connectivity index (χ4n) is 2.00. The molecule has 96 valence electrons. The zero-order valence-electron chi connectivity index (χ0n) is 10.6. The number of pyridine rings is 1. The molecule has 1 aromatic carbocycles. The van der Waals surface area contributed by atoms with Gasteiger partial charge in [0, 0.05) is 23.0 Å². The van der Waals surface area contributed by atoms with Crippen LogP contribution in [0, 0.1) is 6.92 Å². The van der Waals surface area contributed by atoms with Gasteiger partial charge in [0.25, 0.3) is 0 Å². The van der Waals surface area contributed by atoms with Crippen LogP contribution in [-0.4, -0.2) is 14.5 Å². The van der Waals surface area contributed by atoms with Crippen LogP contribution in [0.5, 0.6) is 5.75 Å². The van der Waals surface area contributed by atoms with Crippen LogP contribution in [0.3, 0.4) is 0 Å². The highest BCUT2D eigenvalue weighted by Gasteiger charge is 2.06. The van der Waals surface area contributed by atoms with Crippen molar-refractivity contribution in [3.8, 4) is 5.75 Å². The molecule has 0 aliphatic carbocycles. The molecule has 0 unspecified atom stereocenters. The van der Waals surface area contributed by atoms with Crippen molar-refractivity contribution in [1.82, 2.24) is 9.38 Å².